The van der Waals surface area contributed by atoms with E-state index >= 15 is 0 Å². The third-order valence-electron chi connectivity index (χ3n) is 5.46. The predicted molar refractivity (Wildman–Crippen MR) is 90.6 cm³/mol. The SMILES string of the molecule is CCCCC1CCC(C(O)Cc2c(C)cccc2C)CC1. The highest BCUT2D eigenvalue weighted by Crippen LogP contribution is 2.34. The molecule has 1 atom stereocenters. The summed E-state index contributed by atoms with van der Waals surface area (Å²) < 4.78 is 0. The van der Waals surface area contributed by atoms with Crippen molar-refractivity contribution in [1.29, 1.82) is 0 Å². The molecule has 1 fully saturated rings. The Kier molecular flexibility index (Phi) is 6.29. The van der Waals surface area contributed by atoms with E-state index in [0.717, 1.165) is 12.3 Å². The summed E-state index contributed by atoms with van der Waals surface area (Å²) in [5.41, 5.74) is 4.01. The molecule has 1 heteroatoms. The Morgan fingerprint density at radius 1 is 1.10 bits per heavy atom. The summed E-state index contributed by atoms with van der Waals surface area (Å²) in [5, 5.41) is 10.6. The maximum Gasteiger partial charge on any atom is 0.0608 e. The topological polar surface area (TPSA) is 20.2 Å². The molecule has 1 unspecified atom stereocenters. The van der Waals surface area contributed by atoms with Gasteiger partial charge in [-0.3, -0.25) is 0 Å². The molecule has 0 radical (unpaired) electrons. The quantitative estimate of drug-likeness (QED) is 0.762. The first-order chi connectivity index (χ1) is 10.1. The lowest BCUT2D eigenvalue weighted by atomic mass is 9.76. The van der Waals surface area contributed by atoms with Gasteiger partial charge in [0.05, 0.1) is 6.10 Å². The maximum atomic E-state index is 10.6. The zero-order valence-electron chi connectivity index (χ0n) is 14.1. The van der Waals surface area contributed by atoms with Gasteiger partial charge in [-0.05, 0) is 61.6 Å². The van der Waals surface area contributed by atoms with Gasteiger partial charge < -0.3 is 5.11 Å². The highest BCUT2D eigenvalue weighted by molar-refractivity contribution is 5.34. The fraction of sp³-hybridized carbons (Fsp3) is 0.700. The van der Waals surface area contributed by atoms with Crippen LogP contribution in [0.2, 0.25) is 0 Å². The molecular weight excluding hydrogens is 256 g/mol. The molecule has 0 bridgehead atoms. The normalized spacial score (nSPS) is 24.0. The van der Waals surface area contributed by atoms with E-state index in [1.807, 2.05) is 0 Å². The van der Waals surface area contributed by atoms with E-state index < -0.39 is 0 Å². The zero-order chi connectivity index (χ0) is 15.2. The molecule has 0 amide bonds. The van der Waals surface area contributed by atoms with Crippen molar-refractivity contribution in [1.82, 2.24) is 0 Å². The van der Waals surface area contributed by atoms with Gasteiger partial charge in [0, 0.05) is 0 Å². The van der Waals surface area contributed by atoms with Crippen molar-refractivity contribution in [2.24, 2.45) is 11.8 Å². The van der Waals surface area contributed by atoms with Gasteiger partial charge >= 0.3 is 0 Å². The summed E-state index contributed by atoms with van der Waals surface area (Å²) in [4.78, 5) is 0. The van der Waals surface area contributed by atoms with Crippen molar-refractivity contribution < 1.29 is 5.11 Å². The lowest BCUT2D eigenvalue weighted by molar-refractivity contribution is 0.0724. The fourth-order valence-electron chi connectivity index (χ4n) is 3.90. The van der Waals surface area contributed by atoms with E-state index in [4.69, 9.17) is 0 Å². The molecule has 1 aliphatic rings. The van der Waals surface area contributed by atoms with Crippen molar-refractivity contribution in [2.75, 3.05) is 0 Å². The van der Waals surface area contributed by atoms with Crippen LogP contribution < -0.4 is 0 Å². The predicted octanol–water partition coefficient (Wildman–Crippen LogP) is 5.20. The summed E-state index contributed by atoms with van der Waals surface area (Å²) in [6.07, 6.45) is 9.87. The highest BCUT2D eigenvalue weighted by Gasteiger charge is 2.26. The van der Waals surface area contributed by atoms with Gasteiger partial charge in [0.25, 0.3) is 0 Å². The molecular formula is C20H32O. The first kappa shape index (κ1) is 16.5. The Hall–Kier alpha value is -0.820. The average molecular weight is 288 g/mol. The summed E-state index contributed by atoms with van der Waals surface area (Å²) in [5.74, 6) is 1.44. The van der Waals surface area contributed by atoms with Crippen LogP contribution in [0.1, 0.15) is 68.6 Å². The monoisotopic (exact) mass is 288 g/mol. The number of unbranched alkanes of at least 4 members (excludes halogenated alkanes) is 1. The number of aliphatic hydroxyl groups excluding tert-OH is 1. The average Bonchev–Trinajstić information content (AvgIpc) is 2.49. The number of hydrogen-bond donors (Lipinski definition) is 1. The number of aryl methyl sites for hydroxylation is 2. The van der Waals surface area contributed by atoms with Crippen molar-refractivity contribution in [2.45, 2.75) is 78.2 Å². The van der Waals surface area contributed by atoms with Crippen LogP contribution in [0.15, 0.2) is 18.2 Å². The zero-order valence-corrected chi connectivity index (χ0v) is 14.1. The molecule has 1 aromatic rings. The Balaban J connectivity index is 1.86. The summed E-state index contributed by atoms with van der Waals surface area (Å²) >= 11 is 0. The van der Waals surface area contributed by atoms with Gasteiger partial charge in [0.1, 0.15) is 0 Å². The number of benzene rings is 1. The van der Waals surface area contributed by atoms with E-state index in [0.29, 0.717) is 5.92 Å². The molecule has 0 saturated heterocycles. The number of hydrogen-bond acceptors (Lipinski definition) is 1. The highest BCUT2D eigenvalue weighted by atomic mass is 16.3. The molecule has 1 aromatic carbocycles. The Morgan fingerprint density at radius 3 is 2.29 bits per heavy atom. The molecule has 1 aliphatic carbocycles. The van der Waals surface area contributed by atoms with Crippen molar-refractivity contribution >= 4 is 0 Å². The molecule has 21 heavy (non-hydrogen) atoms. The second-order valence-corrected chi connectivity index (χ2v) is 7.06. The summed E-state index contributed by atoms with van der Waals surface area (Å²) in [6.45, 7) is 6.60. The smallest absolute Gasteiger partial charge is 0.0608 e. The van der Waals surface area contributed by atoms with Gasteiger partial charge in [0.15, 0.2) is 0 Å². The Bertz CT molecular complexity index is 409. The minimum atomic E-state index is -0.156. The number of aliphatic hydroxyl groups is 1. The molecule has 1 N–H and O–H groups in total. The summed E-state index contributed by atoms with van der Waals surface area (Å²) in [6, 6.07) is 6.44. The molecule has 0 aliphatic heterocycles. The Labute approximate surface area is 130 Å². The van der Waals surface area contributed by atoms with E-state index in [-0.39, 0.29) is 6.10 Å². The van der Waals surface area contributed by atoms with E-state index in [1.54, 1.807) is 0 Å². The second-order valence-electron chi connectivity index (χ2n) is 7.06. The minimum Gasteiger partial charge on any atom is -0.392 e. The second kappa shape index (κ2) is 7.98. The van der Waals surface area contributed by atoms with Crippen LogP contribution >= 0.6 is 0 Å². The molecule has 1 saturated carbocycles. The van der Waals surface area contributed by atoms with Crippen LogP contribution in [0.3, 0.4) is 0 Å². The lowest BCUT2D eigenvalue weighted by Gasteiger charge is -2.32. The molecule has 0 heterocycles. The third-order valence-corrected chi connectivity index (χ3v) is 5.46. The fourth-order valence-corrected chi connectivity index (χ4v) is 3.90. The van der Waals surface area contributed by atoms with E-state index in [1.165, 1.54) is 61.6 Å². The van der Waals surface area contributed by atoms with Crippen LogP contribution in [0.4, 0.5) is 0 Å². The molecule has 118 valence electrons. The first-order valence-corrected chi connectivity index (χ1v) is 8.85. The van der Waals surface area contributed by atoms with Crippen LogP contribution in [0.25, 0.3) is 0 Å². The van der Waals surface area contributed by atoms with Gasteiger partial charge in [-0.2, -0.15) is 0 Å². The van der Waals surface area contributed by atoms with Gasteiger partial charge in [-0.15, -0.1) is 0 Å². The third kappa shape index (κ3) is 4.57. The molecule has 2 rings (SSSR count). The Morgan fingerprint density at radius 2 is 1.71 bits per heavy atom. The number of rotatable bonds is 6. The standard InChI is InChI=1S/C20H32O/c1-4-5-9-17-10-12-18(13-11-17)20(21)14-19-15(2)7-6-8-16(19)3/h6-8,17-18,20-21H,4-5,9-14H2,1-3H3. The van der Waals surface area contributed by atoms with E-state index in [9.17, 15) is 5.11 Å². The van der Waals surface area contributed by atoms with Gasteiger partial charge in [-0.1, -0.05) is 57.2 Å². The van der Waals surface area contributed by atoms with Gasteiger partial charge in [-0.25, -0.2) is 0 Å². The van der Waals surface area contributed by atoms with E-state index in [2.05, 4.69) is 39.0 Å². The molecule has 1 nitrogen and oxygen atoms in total. The van der Waals surface area contributed by atoms with Gasteiger partial charge in [0.2, 0.25) is 0 Å². The maximum absolute atomic E-state index is 10.6. The lowest BCUT2D eigenvalue weighted by Crippen LogP contribution is -2.28. The van der Waals surface area contributed by atoms with Crippen molar-refractivity contribution in [3.63, 3.8) is 0 Å². The van der Waals surface area contributed by atoms with Crippen molar-refractivity contribution in [3.8, 4) is 0 Å². The molecule has 0 spiro atoms. The van der Waals surface area contributed by atoms with Crippen LogP contribution in [0, 0.1) is 25.7 Å². The minimum absolute atomic E-state index is 0.156. The first-order valence-electron chi connectivity index (χ1n) is 8.85. The van der Waals surface area contributed by atoms with Crippen LogP contribution in [-0.4, -0.2) is 11.2 Å². The summed E-state index contributed by atoms with van der Waals surface area (Å²) in [7, 11) is 0. The molecule has 0 aromatic heterocycles. The van der Waals surface area contributed by atoms with Crippen LogP contribution in [0.5, 0.6) is 0 Å². The van der Waals surface area contributed by atoms with Crippen LogP contribution in [-0.2, 0) is 6.42 Å². The largest absolute Gasteiger partial charge is 0.392 e. The van der Waals surface area contributed by atoms with Crippen molar-refractivity contribution in [3.05, 3.63) is 34.9 Å².